The fourth-order valence-electron chi connectivity index (χ4n) is 3.40. The van der Waals surface area contributed by atoms with Crippen LogP contribution in [0.25, 0.3) is 0 Å². The molecule has 1 rings (SSSR count). The summed E-state index contributed by atoms with van der Waals surface area (Å²) in [4.78, 5) is 22.7. The lowest BCUT2D eigenvalue weighted by Gasteiger charge is -2.17. The molecule has 1 saturated carbocycles. The molecule has 0 spiro atoms. The molecular weight excluding hydrogens is 332 g/mol. The van der Waals surface area contributed by atoms with Gasteiger partial charge < -0.3 is 14.9 Å². The first-order chi connectivity index (χ1) is 12.5. The maximum absolute atomic E-state index is 12.2. The molecule has 1 aliphatic carbocycles. The zero-order chi connectivity index (χ0) is 19.4. The Bertz CT molecular complexity index is 483. The second-order valence-corrected chi connectivity index (χ2v) is 7.07. The van der Waals surface area contributed by atoms with Crippen molar-refractivity contribution < 1.29 is 24.5 Å². The molecule has 0 amide bonds. The average molecular weight is 366 g/mol. The molecule has 5 heteroatoms. The van der Waals surface area contributed by atoms with Crippen LogP contribution < -0.4 is 0 Å². The first kappa shape index (κ1) is 22.6. The number of Topliss-reactive ketones (excluding diaryl/α,β-unsaturated/α-hetero) is 1. The van der Waals surface area contributed by atoms with Crippen molar-refractivity contribution in [1.82, 2.24) is 0 Å². The molecule has 4 atom stereocenters. The molecule has 0 aromatic rings. The van der Waals surface area contributed by atoms with Crippen LogP contribution in [0.1, 0.15) is 64.7 Å². The van der Waals surface area contributed by atoms with Crippen molar-refractivity contribution in [3.05, 3.63) is 24.3 Å². The number of aliphatic carboxylic acids is 1. The van der Waals surface area contributed by atoms with E-state index in [9.17, 15) is 14.7 Å². The minimum atomic E-state index is -0.788. The second kappa shape index (κ2) is 12.8. The highest BCUT2D eigenvalue weighted by atomic mass is 16.5. The number of carbonyl (C=O) groups is 2. The summed E-state index contributed by atoms with van der Waals surface area (Å²) in [6, 6.07) is 0. The van der Waals surface area contributed by atoms with Crippen molar-refractivity contribution >= 4 is 11.8 Å². The van der Waals surface area contributed by atoms with E-state index < -0.39 is 12.1 Å². The maximum Gasteiger partial charge on any atom is 0.303 e. The fourth-order valence-corrected chi connectivity index (χ4v) is 3.40. The summed E-state index contributed by atoms with van der Waals surface area (Å²) in [7, 11) is 1.69. The van der Waals surface area contributed by atoms with Crippen molar-refractivity contribution in [2.75, 3.05) is 7.11 Å². The molecule has 4 unspecified atom stereocenters. The number of allylic oxidation sites excluding steroid dienone is 2. The van der Waals surface area contributed by atoms with Gasteiger partial charge in [-0.25, -0.2) is 0 Å². The van der Waals surface area contributed by atoms with Crippen LogP contribution in [0.3, 0.4) is 0 Å². The maximum atomic E-state index is 12.2. The number of carbonyl (C=O) groups excluding carboxylic acids is 1. The van der Waals surface area contributed by atoms with Gasteiger partial charge in [-0.2, -0.15) is 0 Å². The van der Waals surface area contributed by atoms with E-state index in [0.717, 1.165) is 19.3 Å². The van der Waals surface area contributed by atoms with Gasteiger partial charge in [0, 0.05) is 31.8 Å². The minimum absolute atomic E-state index is 0.0247. The zero-order valence-electron chi connectivity index (χ0n) is 16.1. The fraction of sp³-hybridized carbons (Fsp3) is 0.714. The van der Waals surface area contributed by atoms with Crippen molar-refractivity contribution in [3.63, 3.8) is 0 Å². The Morgan fingerprint density at radius 1 is 1.31 bits per heavy atom. The van der Waals surface area contributed by atoms with E-state index in [1.54, 1.807) is 7.11 Å². The molecule has 0 aromatic heterocycles. The summed E-state index contributed by atoms with van der Waals surface area (Å²) in [5, 5.41) is 18.8. The third-order valence-electron chi connectivity index (χ3n) is 4.99. The molecule has 0 radical (unpaired) electrons. The summed E-state index contributed by atoms with van der Waals surface area (Å²) in [6.07, 6.45) is 13.9. The van der Waals surface area contributed by atoms with Crippen LogP contribution in [0, 0.1) is 11.8 Å². The number of methoxy groups -OCH3 is 1. The lowest BCUT2D eigenvalue weighted by atomic mass is 9.90. The highest BCUT2D eigenvalue weighted by Gasteiger charge is 2.39. The first-order valence-corrected chi connectivity index (χ1v) is 9.78. The van der Waals surface area contributed by atoms with Crippen molar-refractivity contribution in [2.45, 2.75) is 76.9 Å². The van der Waals surface area contributed by atoms with Gasteiger partial charge in [-0.1, -0.05) is 50.5 Å². The van der Waals surface area contributed by atoms with Gasteiger partial charge in [-0.15, -0.1) is 0 Å². The predicted octanol–water partition coefficient (Wildman–Crippen LogP) is 3.91. The van der Waals surface area contributed by atoms with E-state index in [4.69, 9.17) is 9.84 Å². The van der Waals surface area contributed by atoms with Crippen LogP contribution in [0.5, 0.6) is 0 Å². The average Bonchev–Trinajstić information content (AvgIpc) is 2.87. The van der Waals surface area contributed by atoms with Crippen LogP contribution >= 0.6 is 0 Å². The summed E-state index contributed by atoms with van der Waals surface area (Å²) >= 11 is 0. The number of unbranched alkanes of at least 4 members (excludes halogenated alkanes) is 3. The summed E-state index contributed by atoms with van der Waals surface area (Å²) in [5.41, 5.74) is 0. The highest BCUT2D eigenvalue weighted by Crippen LogP contribution is 2.33. The van der Waals surface area contributed by atoms with Gasteiger partial charge in [-0.3, -0.25) is 9.59 Å². The Labute approximate surface area is 157 Å². The van der Waals surface area contributed by atoms with Crippen molar-refractivity contribution in [1.29, 1.82) is 0 Å². The molecule has 2 N–H and O–H groups in total. The Morgan fingerprint density at radius 2 is 2.08 bits per heavy atom. The molecule has 0 heterocycles. The summed E-state index contributed by atoms with van der Waals surface area (Å²) < 4.78 is 5.48. The number of carboxylic acid groups (broad SMARTS) is 1. The number of carboxylic acids is 1. The standard InChI is InChI=1S/C21H34O5/c1-3-4-7-10-16(26-2)13-14-18-17(19(22)15-20(18)23)11-8-5-6-9-12-21(24)25/h5,8,13-14,16-18,20,23H,3-4,6-7,9-12,15H2,1-2H3,(H,24,25). The van der Waals surface area contributed by atoms with Crippen LogP contribution in [0.2, 0.25) is 0 Å². The quantitative estimate of drug-likeness (QED) is 0.381. The number of hydrogen-bond acceptors (Lipinski definition) is 4. The van der Waals surface area contributed by atoms with Gasteiger partial charge in [0.2, 0.25) is 0 Å². The zero-order valence-corrected chi connectivity index (χ0v) is 16.1. The normalized spacial score (nSPS) is 24.7. The molecule has 148 valence electrons. The molecule has 0 aromatic carbocycles. The second-order valence-electron chi connectivity index (χ2n) is 7.07. The summed E-state index contributed by atoms with van der Waals surface area (Å²) in [5.74, 6) is -1.06. The molecule has 0 aliphatic heterocycles. The van der Waals surface area contributed by atoms with Gasteiger partial charge in [0.25, 0.3) is 0 Å². The van der Waals surface area contributed by atoms with Gasteiger partial charge in [0.15, 0.2) is 0 Å². The lowest BCUT2D eigenvalue weighted by Crippen LogP contribution is -2.19. The number of aliphatic hydroxyl groups excluding tert-OH is 1. The monoisotopic (exact) mass is 366 g/mol. The number of ketones is 1. The number of aliphatic hydroxyl groups is 1. The van der Waals surface area contributed by atoms with E-state index in [1.807, 2.05) is 24.3 Å². The van der Waals surface area contributed by atoms with E-state index in [2.05, 4.69) is 6.92 Å². The molecule has 0 saturated heterocycles. The van der Waals surface area contributed by atoms with E-state index >= 15 is 0 Å². The largest absolute Gasteiger partial charge is 0.481 e. The predicted molar refractivity (Wildman–Crippen MR) is 102 cm³/mol. The molecule has 5 nitrogen and oxygen atoms in total. The SMILES string of the molecule is CCCCCC(C=CC1C(O)CC(=O)C1CC=CCCCC(=O)O)OC. The van der Waals surface area contributed by atoms with E-state index in [1.165, 1.54) is 6.42 Å². The molecule has 1 fully saturated rings. The van der Waals surface area contributed by atoms with Crippen LogP contribution in [-0.4, -0.2) is 41.3 Å². The van der Waals surface area contributed by atoms with E-state index in [0.29, 0.717) is 19.3 Å². The van der Waals surface area contributed by atoms with Gasteiger partial charge in [0.05, 0.1) is 12.2 Å². The Hall–Kier alpha value is -1.46. The third-order valence-corrected chi connectivity index (χ3v) is 4.99. The van der Waals surface area contributed by atoms with Crippen molar-refractivity contribution in [3.8, 4) is 0 Å². The third kappa shape index (κ3) is 8.28. The van der Waals surface area contributed by atoms with Gasteiger partial charge in [0.1, 0.15) is 5.78 Å². The molecular formula is C21H34O5. The van der Waals surface area contributed by atoms with Crippen LogP contribution in [0.4, 0.5) is 0 Å². The Balaban J connectivity index is 2.54. The van der Waals surface area contributed by atoms with Crippen molar-refractivity contribution in [2.24, 2.45) is 11.8 Å². The smallest absolute Gasteiger partial charge is 0.303 e. The summed E-state index contributed by atoms with van der Waals surface area (Å²) in [6.45, 7) is 2.16. The number of ether oxygens (including phenoxy) is 1. The topological polar surface area (TPSA) is 83.8 Å². The molecule has 0 bridgehead atoms. The first-order valence-electron chi connectivity index (χ1n) is 9.78. The molecule has 26 heavy (non-hydrogen) atoms. The van der Waals surface area contributed by atoms with Gasteiger partial charge >= 0.3 is 5.97 Å². The number of rotatable bonds is 13. The Morgan fingerprint density at radius 3 is 2.73 bits per heavy atom. The van der Waals surface area contributed by atoms with E-state index in [-0.39, 0.29) is 36.6 Å². The lowest BCUT2D eigenvalue weighted by molar-refractivity contribution is -0.137. The van der Waals surface area contributed by atoms with Gasteiger partial charge in [-0.05, 0) is 25.7 Å². The Kier molecular flexibility index (Phi) is 11.1. The molecule has 1 aliphatic rings. The van der Waals surface area contributed by atoms with Crippen LogP contribution in [-0.2, 0) is 14.3 Å². The van der Waals surface area contributed by atoms with Crippen LogP contribution in [0.15, 0.2) is 24.3 Å². The highest BCUT2D eigenvalue weighted by molar-refractivity contribution is 5.84. The minimum Gasteiger partial charge on any atom is -0.481 e. The number of hydrogen-bond donors (Lipinski definition) is 2.